The quantitative estimate of drug-likeness (QED) is 0.479. The largest absolute Gasteiger partial charge is 0.456 e. The number of anilines is 2. The van der Waals surface area contributed by atoms with Gasteiger partial charge in [-0.25, -0.2) is 0 Å². The molecule has 152 valence electrons. The van der Waals surface area contributed by atoms with E-state index in [1.54, 1.807) is 30.3 Å². The monoisotopic (exact) mass is 436 g/mol. The fourth-order valence-electron chi connectivity index (χ4n) is 2.25. The van der Waals surface area contributed by atoms with Crippen LogP contribution in [0.25, 0.3) is 0 Å². The van der Waals surface area contributed by atoms with Crippen LogP contribution in [0.2, 0.25) is 10.0 Å². The van der Waals surface area contributed by atoms with Gasteiger partial charge in [0.15, 0.2) is 12.4 Å². The van der Waals surface area contributed by atoms with Crippen molar-refractivity contribution in [2.45, 2.75) is 19.8 Å². The molecule has 0 spiro atoms. The minimum absolute atomic E-state index is 0.122. The number of ketones is 1. The van der Waals surface area contributed by atoms with Crippen molar-refractivity contribution in [1.82, 2.24) is 0 Å². The Kier molecular flexibility index (Phi) is 8.18. The molecular formula is C20H18Cl2N2O5. The third-order valence-electron chi connectivity index (χ3n) is 3.68. The van der Waals surface area contributed by atoms with Crippen LogP contribution in [0.15, 0.2) is 42.5 Å². The van der Waals surface area contributed by atoms with Crippen molar-refractivity contribution in [1.29, 1.82) is 0 Å². The molecular weight excluding hydrogens is 419 g/mol. The first kappa shape index (κ1) is 22.4. The summed E-state index contributed by atoms with van der Waals surface area (Å²) in [6.45, 7) is 0.911. The Balaban J connectivity index is 1.73. The third-order valence-corrected chi connectivity index (χ3v) is 4.23. The van der Waals surface area contributed by atoms with Crippen molar-refractivity contribution in [3.05, 3.63) is 58.1 Å². The number of nitrogens with one attached hydrogen (secondary N) is 2. The van der Waals surface area contributed by atoms with Gasteiger partial charge in [-0.2, -0.15) is 0 Å². The van der Waals surface area contributed by atoms with E-state index in [2.05, 4.69) is 10.6 Å². The van der Waals surface area contributed by atoms with Gasteiger partial charge in [0.1, 0.15) is 0 Å². The minimum atomic E-state index is -0.699. The molecule has 0 heterocycles. The summed E-state index contributed by atoms with van der Waals surface area (Å²) < 4.78 is 4.85. The van der Waals surface area contributed by atoms with Crippen LogP contribution in [0.4, 0.5) is 11.4 Å². The zero-order valence-electron chi connectivity index (χ0n) is 15.5. The topological polar surface area (TPSA) is 102 Å². The first-order chi connectivity index (χ1) is 13.7. The smallest absolute Gasteiger partial charge is 0.306 e. The first-order valence-corrected chi connectivity index (χ1v) is 9.31. The molecule has 2 aromatic carbocycles. The van der Waals surface area contributed by atoms with Crippen LogP contribution in [0.1, 0.15) is 30.1 Å². The van der Waals surface area contributed by atoms with Crippen LogP contribution in [-0.2, 0) is 19.1 Å². The highest BCUT2D eigenvalue weighted by molar-refractivity contribution is 6.36. The SMILES string of the molecule is CC(=O)c1cccc(NC(=O)CCC(=O)OCC(=O)Nc2ccc(Cl)cc2Cl)c1. The lowest BCUT2D eigenvalue weighted by Crippen LogP contribution is -2.22. The zero-order chi connectivity index (χ0) is 21.4. The van der Waals surface area contributed by atoms with E-state index in [0.29, 0.717) is 22.0 Å². The van der Waals surface area contributed by atoms with Crippen molar-refractivity contribution in [2.24, 2.45) is 0 Å². The molecule has 0 aromatic heterocycles. The maximum absolute atomic E-state index is 11.9. The maximum Gasteiger partial charge on any atom is 0.306 e. The highest BCUT2D eigenvalue weighted by Crippen LogP contribution is 2.25. The number of hydrogen-bond donors (Lipinski definition) is 2. The Hall–Kier alpha value is -2.90. The molecule has 0 saturated carbocycles. The number of esters is 1. The number of amides is 2. The molecule has 7 nitrogen and oxygen atoms in total. The predicted molar refractivity (Wildman–Crippen MR) is 110 cm³/mol. The van der Waals surface area contributed by atoms with Crippen molar-refractivity contribution in [3.63, 3.8) is 0 Å². The highest BCUT2D eigenvalue weighted by atomic mass is 35.5. The van der Waals surface area contributed by atoms with Crippen LogP contribution in [0.3, 0.4) is 0 Å². The second kappa shape index (κ2) is 10.6. The van der Waals surface area contributed by atoms with Gasteiger partial charge in [0.05, 0.1) is 17.1 Å². The molecule has 29 heavy (non-hydrogen) atoms. The Morgan fingerprint density at radius 3 is 2.38 bits per heavy atom. The van der Waals surface area contributed by atoms with Gasteiger partial charge in [-0.3, -0.25) is 19.2 Å². The summed E-state index contributed by atoms with van der Waals surface area (Å²) in [7, 11) is 0. The summed E-state index contributed by atoms with van der Waals surface area (Å²) in [5.41, 5.74) is 1.26. The van der Waals surface area contributed by atoms with E-state index < -0.39 is 24.4 Å². The highest BCUT2D eigenvalue weighted by Gasteiger charge is 2.12. The van der Waals surface area contributed by atoms with Gasteiger partial charge in [-0.1, -0.05) is 35.3 Å². The van der Waals surface area contributed by atoms with E-state index in [-0.39, 0.29) is 23.6 Å². The van der Waals surface area contributed by atoms with E-state index in [1.165, 1.54) is 19.1 Å². The average Bonchev–Trinajstić information content (AvgIpc) is 2.67. The third kappa shape index (κ3) is 7.56. The van der Waals surface area contributed by atoms with Crippen LogP contribution < -0.4 is 10.6 Å². The zero-order valence-corrected chi connectivity index (χ0v) is 17.0. The number of halogens is 2. The second-order valence-corrected chi connectivity index (χ2v) is 6.86. The van der Waals surface area contributed by atoms with Crippen molar-refractivity contribution in [2.75, 3.05) is 17.2 Å². The van der Waals surface area contributed by atoms with Crippen molar-refractivity contribution in [3.8, 4) is 0 Å². The molecule has 2 rings (SSSR count). The second-order valence-electron chi connectivity index (χ2n) is 6.02. The first-order valence-electron chi connectivity index (χ1n) is 8.56. The van der Waals surface area contributed by atoms with Gasteiger partial charge in [0.25, 0.3) is 5.91 Å². The number of carbonyl (C=O) groups excluding carboxylic acids is 4. The number of rotatable bonds is 8. The summed E-state index contributed by atoms with van der Waals surface area (Å²) in [6.07, 6.45) is -0.332. The standard InChI is InChI=1S/C20H18Cl2N2O5/c1-12(25)13-3-2-4-15(9-13)23-18(26)7-8-20(28)29-11-19(27)24-17-6-5-14(21)10-16(17)22/h2-6,9-10H,7-8,11H2,1H3,(H,23,26)(H,24,27). The lowest BCUT2D eigenvalue weighted by molar-refractivity contribution is -0.147. The molecule has 0 saturated heterocycles. The molecule has 0 unspecified atom stereocenters. The van der Waals surface area contributed by atoms with Gasteiger partial charge in [-0.05, 0) is 37.3 Å². The molecule has 9 heteroatoms. The molecule has 0 atom stereocenters. The summed E-state index contributed by atoms with van der Waals surface area (Å²) in [4.78, 5) is 46.9. The van der Waals surface area contributed by atoms with E-state index in [9.17, 15) is 19.2 Å². The van der Waals surface area contributed by atoms with Crippen LogP contribution in [0.5, 0.6) is 0 Å². The lowest BCUT2D eigenvalue weighted by Gasteiger charge is -2.09. The molecule has 0 aliphatic carbocycles. The Bertz CT molecular complexity index is 946. The normalized spacial score (nSPS) is 10.2. The molecule has 2 N–H and O–H groups in total. The number of Topliss-reactive ketones (excluding diaryl/α,β-unsaturated/α-hetero) is 1. The Morgan fingerprint density at radius 2 is 1.69 bits per heavy atom. The van der Waals surface area contributed by atoms with Gasteiger partial charge in [0.2, 0.25) is 5.91 Å². The Morgan fingerprint density at radius 1 is 0.931 bits per heavy atom. The minimum Gasteiger partial charge on any atom is -0.456 e. The summed E-state index contributed by atoms with van der Waals surface area (Å²) in [5.74, 6) is -1.81. The van der Waals surface area contributed by atoms with E-state index in [4.69, 9.17) is 27.9 Å². The summed E-state index contributed by atoms with van der Waals surface area (Å²) in [5, 5.41) is 5.76. The maximum atomic E-state index is 11.9. The van der Waals surface area contributed by atoms with Gasteiger partial charge in [-0.15, -0.1) is 0 Å². The summed E-state index contributed by atoms with van der Waals surface area (Å²) >= 11 is 11.7. The van der Waals surface area contributed by atoms with Crippen LogP contribution >= 0.6 is 23.2 Å². The van der Waals surface area contributed by atoms with E-state index in [0.717, 1.165) is 0 Å². The lowest BCUT2D eigenvalue weighted by atomic mass is 10.1. The molecule has 0 aliphatic heterocycles. The molecule has 0 aliphatic rings. The molecule has 0 radical (unpaired) electrons. The number of benzene rings is 2. The number of ether oxygens (including phenoxy) is 1. The number of carbonyl (C=O) groups is 4. The fraction of sp³-hybridized carbons (Fsp3) is 0.200. The van der Waals surface area contributed by atoms with Gasteiger partial charge in [0, 0.05) is 22.7 Å². The molecule has 2 aromatic rings. The van der Waals surface area contributed by atoms with Crippen molar-refractivity contribution >= 4 is 58.1 Å². The van der Waals surface area contributed by atoms with Gasteiger partial charge >= 0.3 is 5.97 Å². The van der Waals surface area contributed by atoms with Crippen molar-refractivity contribution < 1.29 is 23.9 Å². The van der Waals surface area contributed by atoms with Crippen LogP contribution in [-0.4, -0.2) is 30.2 Å². The average molecular weight is 437 g/mol. The van der Waals surface area contributed by atoms with E-state index in [1.807, 2.05) is 0 Å². The Labute approximate surface area is 177 Å². The van der Waals surface area contributed by atoms with Crippen LogP contribution in [0, 0.1) is 0 Å². The molecule has 2 amide bonds. The number of hydrogen-bond acceptors (Lipinski definition) is 5. The predicted octanol–water partition coefficient (Wildman–Crippen LogP) is 4.10. The van der Waals surface area contributed by atoms with E-state index >= 15 is 0 Å². The molecule has 0 bridgehead atoms. The molecule has 0 fully saturated rings. The summed E-state index contributed by atoms with van der Waals surface area (Å²) in [6, 6.07) is 11.0. The fourth-order valence-corrected chi connectivity index (χ4v) is 2.71. The van der Waals surface area contributed by atoms with Gasteiger partial charge < -0.3 is 15.4 Å².